The van der Waals surface area contributed by atoms with Crippen molar-refractivity contribution in [3.8, 4) is 11.3 Å². The van der Waals surface area contributed by atoms with Gasteiger partial charge in [-0.15, -0.1) is 0 Å². The van der Waals surface area contributed by atoms with E-state index in [2.05, 4.69) is 15.6 Å². The van der Waals surface area contributed by atoms with Gasteiger partial charge in [-0.05, 0) is 36.8 Å². The average Bonchev–Trinajstić information content (AvgIpc) is 3.02. The van der Waals surface area contributed by atoms with Gasteiger partial charge in [0.1, 0.15) is 11.4 Å². The summed E-state index contributed by atoms with van der Waals surface area (Å²) in [7, 11) is 3.90. The molecular weight excluding hydrogens is 415 g/mol. The third kappa shape index (κ3) is 4.88. The predicted molar refractivity (Wildman–Crippen MR) is 115 cm³/mol. The van der Waals surface area contributed by atoms with Crippen LogP contribution in [-0.4, -0.2) is 31.6 Å². The number of aromatic nitrogens is 1. The number of halogens is 2. The highest BCUT2D eigenvalue weighted by atomic mass is 35.5. The summed E-state index contributed by atoms with van der Waals surface area (Å²) in [5.74, 6) is 0.371. The van der Waals surface area contributed by atoms with E-state index < -0.39 is 6.09 Å². The topological polar surface area (TPSA) is 80.0 Å². The minimum atomic E-state index is -0.804. The van der Waals surface area contributed by atoms with E-state index >= 15 is 0 Å². The van der Waals surface area contributed by atoms with Crippen LogP contribution in [0.15, 0.2) is 52.1 Å². The summed E-state index contributed by atoms with van der Waals surface area (Å²) in [6.45, 7) is 1.65. The molecule has 0 aliphatic rings. The van der Waals surface area contributed by atoms with Crippen molar-refractivity contribution in [1.29, 1.82) is 0 Å². The molecule has 0 aliphatic carbocycles. The van der Waals surface area contributed by atoms with E-state index in [1.807, 2.05) is 43.3 Å². The third-order valence-corrected chi connectivity index (χ3v) is 4.67. The monoisotopic (exact) mass is 432 g/mol. The molecule has 0 radical (unpaired) electrons. The van der Waals surface area contributed by atoms with Crippen molar-refractivity contribution in [1.82, 2.24) is 5.16 Å². The fourth-order valence-electron chi connectivity index (χ4n) is 2.53. The van der Waals surface area contributed by atoms with E-state index in [1.54, 1.807) is 25.1 Å². The minimum Gasteiger partial charge on any atom is -0.378 e. The minimum absolute atomic E-state index is 0.301. The summed E-state index contributed by atoms with van der Waals surface area (Å²) in [4.78, 5) is 19.0. The smallest absolute Gasteiger partial charge is 0.378 e. The lowest BCUT2D eigenvalue weighted by Crippen LogP contribution is -2.12. The number of amides is 1. The van der Waals surface area contributed by atoms with Gasteiger partial charge < -0.3 is 9.42 Å². The van der Waals surface area contributed by atoms with Crippen molar-refractivity contribution in [3.05, 3.63) is 63.8 Å². The van der Waals surface area contributed by atoms with E-state index in [0.717, 1.165) is 11.3 Å². The Balaban J connectivity index is 1.71. The van der Waals surface area contributed by atoms with Crippen LogP contribution in [0.3, 0.4) is 0 Å². The fourth-order valence-corrected chi connectivity index (χ4v) is 3.11. The van der Waals surface area contributed by atoms with Crippen molar-refractivity contribution in [2.45, 2.75) is 6.92 Å². The molecule has 0 aliphatic heterocycles. The molecule has 1 amide bonds. The number of carbonyl (C=O) groups excluding carboxylic acids is 1. The largest absolute Gasteiger partial charge is 0.438 e. The van der Waals surface area contributed by atoms with Crippen LogP contribution >= 0.6 is 23.2 Å². The van der Waals surface area contributed by atoms with E-state index in [1.165, 1.54) is 6.21 Å². The van der Waals surface area contributed by atoms with Crippen LogP contribution < -0.4 is 10.2 Å². The molecule has 0 fully saturated rings. The Bertz CT molecular complexity index is 1030. The standard InChI is InChI=1S/C20H18Cl2N4O3/c1-12-18(19(25-28-12)17-15(21)5-4-6-16(17)22)24-20(27)29-23-11-13-7-9-14(10-8-13)26(2)3/h4-11H,1-3H3,(H,24,27). The number of benzene rings is 2. The zero-order valence-electron chi connectivity index (χ0n) is 15.9. The number of rotatable bonds is 5. The number of anilines is 2. The highest BCUT2D eigenvalue weighted by Gasteiger charge is 2.21. The molecule has 0 atom stereocenters. The second-order valence-electron chi connectivity index (χ2n) is 6.28. The molecule has 3 rings (SSSR count). The Morgan fingerprint density at radius 3 is 2.45 bits per heavy atom. The molecule has 29 heavy (non-hydrogen) atoms. The Morgan fingerprint density at radius 1 is 1.17 bits per heavy atom. The van der Waals surface area contributed by atoms with Crippen LogP contribution in [0.5, 0.6) is 0 Å². The summed E-state index contributed by atoms with van der Waals surface area (Å²) >= 11 is 12.5. The fraction of sp³-hybridized carbons (Fsp3) is 0.150. The molecule has 3 aromatic rings. The van der Waals surface area contributed by atoms with Gasteiger partial charge in [-0.2, -0.15) is 0 Å². The number of aryl methyl sites for hydroxylation is 1. The number of hydrogen-bond acceptors (Lipinski definition) is 6. The SMILES string of the molecule is Cc1onc(-c2c(Cl)cccc2Cl)c1NC(=O)ON=Cc1ccc(N(C)C)cc1. The van der Waals surface area contributed by atoms with Crippen molar-refractivity contribution < 1.29 is 14.2 Å². The number of carbonyl (C=O) groups is 1. The van der Waals surface area contributed by atoms with Gasteiger partial charge in [0.25, 0.3) is 0 Å². The Hall–Kier alpha value is -3.03. The van der Waals surface area contributed by atoms with Gasteiger partial charge >= 0.3 is 6.09 Å². The lowest BCUT2D eigenvalue weighted by atomic mass is 10.1. The molecule has 1 N–H and O–H groups in total. The Labute approximate surface area is 177 Å². The van der Waals surface area contributed by atoms with Crippen LogP contribution in [0.1, 0.15) is 11.3 Å². The maximum atomic E-state index is 12.2. The first kappa shape index (κ1) is 20.7. The van der Waals surface area contributed by atoms with Crippen LogP contribution in [-0.2, 0) is 4.84 Å². The van der Waals surface area contributed by atoms with E-state index in [4.69, 9.17) is 32.6 Å². The van der Waals surface area contributed by atoms with Crippen LogP contribution in [0.25, 0.3) is 11.3 Å². The first-order chi connectivity index (χ1) is 13.9. The van der Waals surface area contributed by atoms with Crippen molar-refractivity contribution >= 4 is 46.9 Å². The van der Waals surface area contributed by atoms with Gasteiger partial charge in [-0.3, -0.25) is 10.2 Å². The molecule has 9 heteroatoms. The molecule has 0 saturated heterocycles. The van der Waals surface area contributed by atoms with Crippen LogP contribution in [0.4, 0.5) is 16.2 Å². The maximum absolute atomic E-state index is 12.2. The molecule has 0 unspecified atom stereocenters. The lowest BCUT2D eigenvalue weighted by molar-refractivity contribution is 0.167. The van der Waals surface area contributed by atoms with Gasteiger partial charge in [-0.1, -0.05) is 51.7 Å². The molecular formula is C20H18Cl2N4O3. The van der Waals surface area contributed by atoms with Crippen molar-refractivity contribution in [2.24, 2.45) is 5.16 Å². The highest BCUT2D eigenvalue weighted by Crippen LogP contribution is 2.39. The lowest BCUT2D eigenvalue weighted by Gasteiger charge is -2.11. The number of nitrogens with zero attached hydrogens (tertiary/aromatic N) is 3. The zero-order chi connectivity index (χ0) is 21.0. The summed E-state index contributed by atoms with van der Waals surface area (Å²) in [6.07, 6.45) is 0.632. The van der Waals surface area contributed by atoms with Gasteiger partial charge in [0.05, 0.1) is 16.3 Å². The van der Waals surface area contributed by atoms with Crippen molar-refractivity contribution in [2.75, 3.05) is 24.3 Å². The maximum Gasteiger partial charge on any atom is 0.438 e. The third-order valence-electron chi connectivity index (χ3n) is 4.04. The second kappa shape index (κ2) is 8.98. The molecule has 1 aromatic heterocycles. The highest BCUT2D eigenvalue weighted by molar-refractivity contribution is 6.39. The summed E-state index contributed by atoms with van der Waals surface area (Å²) < 4.78 is 5.19. The molecule has 150 valence electrons. The van der Waals surface area contributed by atoms with Gasteiger partial charge in [0.15, 0.2) is 5.76 Å². The van der Waals surface area contributed by atoms with E-state index in [0.29, 0.717) is 32.8 Å². The predicted octanol–water partition coefficient (Wildman–Crippen LogP) is 5.61. The quantitative estimate of drug-likeness (QED) is 0.322. The first-order valence-corrected chi connectivity index (χ1v) is 9.32. The molecule has 0 saturated carbocycles. The normalized spacial score (nSPS) is 10.9. The number of oxime groups is 1. The Morgan fingerprint density at radius 2 is 1.83 bits per heavy atom. The van der Waals surface area contributed by atoms with Gasteiger partial charge in [0, 0.05) is 25.3 Å². The Kier molecular flexibility index (Phi) is 6.41. The van der Waals surface area contributed by atoms with E-state index in [9.17, 15) is 4.79 Å². The second-order valence-corrected chi connectivity index (χ2v) is 7.10. The van der Waals surface area contributed by atoms with E-state index in [-0.39, 0.29) is 0 Å². The molecule has 1 heterocycles. The van der Waals surface area contributed by atoms with Gasteiger partial charge in [-0.25, -0.2) is 4.79 Å². The number of nitrogens with one attached hydrogen (secondary N) is 1. The van der Waals surface area contributed by atoms with Gasteiger partial charge in [0.2, 0.25) is 0 Å². The van der Waals surface area contributed by atoms with Crippen LogP contribution in [0.2, 0.25) is 10.0 Å². The molecule has 0 spiro atoms. The summed E-state index contributed by atoms with van der Waals surface area (Å²) in [5.41, 5.74) is 2.89. The van der Waals surface area contributed by atoms with Crippen LogP contribution in [0, 0.1) is 6.92 Å². The first-order valence-electron chi connectivity index (χ1n) is 8.56. The van der Waals surface area contributed by atoms with Crippen molar-refractivity contribution in [3.63, 3.8) is 0 Å². The number of hydrogen-bond donors (Lipinski definition) is 1. The zero-order valence-corrected chi connectivity index (χ0v) is 17.5. The molecule has 2 aromatic carbocycles. The summed E-state index contributed by atoms with van der Waals surface area (Å²) in [5, 5.41) is 11.0. The molecule has 0 bridgehead atoms. The molecule has 7 nitrogen and oxygen atoms in total. The average molecular weight is 433 g/mol. The summed E-state index contributed by atoms with van der Waals surface area (Å²) in [6, 6.07) is 12.6.